The fraction of sp³-hybridized carbons (Fsp3) is 0.190. The van der Waals surface area contributed by atoms with Crippen molar-refractivity contribution in [2.24, 2.45) is 0 Å². The van der Waals surface area contributed by atoms with Crippen LogP contribution in [0.3, 0.4) is 0 Å². The molecule has 2 heterocycles. The number of hydrogen-bond donors (Lipinski definition) is 2. The highest BCUT2D eigenvalue weighted by molar-refractivity contribution is 7.15. The van der Waals surface area contributed by atoms with E-state index in [-0.39, 0.29) is 41.1 Å². The maximum Gasteiger partial charge on any atom is 0.227 e. The van der Waals surface area contributed by atoms with Gasteiger partial charge in [0.15, 0.2) is 0 Å². The van der Waals surface area contributed by atoms with Gasteiger partial charge in [0, 0.05) is 35.5 Å². The number of halogens is 2. The van der Waals surface area contributed by atoms with Gasteiger partial charge in [0.2, 0.25) is 11.8 Å². The van der Waals surface area contributed by atoms with Crippen LogP contribution in [0.1, 0.15) is 29.2 Å². The van der Waals surface area contributed by atoms with Crippen molar-refractivity contribution < 1.29 is 18.4 Å². The predicted octanol–water partition coefficient (Wildman–Crippen LogP) is 4.22. The number of amides is 2. The maximum absolute atomic E-state index is 13.9. The van der Waals surface area contributed by atoms with Crippen molar-refractivity contribution in [3.05, 3.63) is 70.7 Å². The molecule has 0 unspecified atom stereocenters. The van der Waals surface area contributed by atoms with Crippen LogP contribution in [0.4, 0.5) is 14.5 Å². The second kappa shape index (κ2) is 8.08. The van der Waals surface area contributed by atoms with Gasteiger partial charge in [-0.05, 0) is 29.8 Å². The summed E-state index contributed by atoms with van der Waals surface area (Å²) in [6.45, 7) is 0.432. The first-order valence-corrected chi connectivity index (χ1v) is 9.87. The van der Waals surface area contributed by atoms with Gasteiger partial charge in [-0.25, -0.2) is 13.8 Å². The average Bonchev–Trinajstić information content (AvgIpc) is 3.14. The van der Waals surface area contributed by atoms with Gasteiger partial charge in [-0.1, -0.05) is 18.2 Å². The van der Waals surface area contributed by atoms with E-state index < -0.39 is 11.6 Å². The zero-order valence-corrected chi connectivity index (χ0v) is 16.1. The summed E-state index contributed by atoms with van der Waals surface area (Å²) in [6, 6.07) is 11.3. The lowest BCUT2D eigenvalue weighted by molar-refractivity contribution is -0.133. The van der Waals surface area contributed by atoms with Crippen LogP contribution < -0.4 is 10.6 Å². The number of nitrogens with zero attached hydrogens (tertiary/aromatic N) is 1. The third-order valence-electron chi connectivity index (χ3n) is 4.70. The molecule has 0 spiro atoms. The average molecular weight is 413 g/mol. The van der Waals surface area contributed by atoms with E-state index in [9.17, 15) is 18.4 Å². The van der Waals surface area contributed by atoms with Gasteiger partial charge in [-0.15, -0.1) is 11.3 Å². The predicted molar refractivity (Wildman–Crippen MR) is 106 cm³/mol. The first-order chi connectivity index (χ1) is 14.0. The van der Waals surface area contributed by atoms with Crippen molar-refractivity contribution in [1.82, 2.24) is 10.3 Å². The molecule has 2 aromatic carbocycles. The Bertz CT molecular complexity index is 1050. The summed E-state index contributed by atoms with van der Waals surface area (Å²) in [5.41, 5.74) is 1.62. The van der Waals surface area contributed by atoms with E-state index in [1.807, 2.05) is 24.3 Å². The topological polar surface area (TPSA) is 71.1 Å². The smallest absolute Gasteiger partial charge is 0.227 e. The Hall–Kier alpha value is -3.13. The number of rotatable bonds is 5. The van der Waals surface area contributed by atoms with Gasteiger partial charge < -0.3 is 5.32 Å². The molecule has 0 bridgehead atoms. The minimum atomic E-state index is -0.641. The van der Waals surface area contributed by atoms with Gasteiger partial charge >= 0.3 is 0 Å². The molecule has 4 rings (SSSR count). The van der Waals surface area contributed by atoms with Gasteiger partial charge in [0.05, 0.1) is 12.1 Å². The Morgan fingerprint density at radius 2 is 1.76 bits per heavy atom. The number of carbonyl (C=O) groups is 2. The Balaban J connectivity index is 1.46. The lowest BCUT2D eigenvalue weighted by Gasteiger charge is -2.21. The third-order valence-corrected chi connectivity index (χ3v) is 5.71. The molecule has 1 fully saturated rings. The molecular formula is C21H17F2N3O2S. The number of anilines is 1. The number of piperidine rings is 1. The minimum Gasteiger partial charge on any atom is -0.380 e. The molecule has 1 aliphatic heterocycles. The summed E-state index contributed by atoms with van der Waals surface area (Å²) in [5.74, 6) is -1.95. The van der Waals surface area contributed by atoms with Crippen molar-refractivity contribution >= 4 is 28.8 Å². The quantitative estimate of drug-likeness (QED) is 0.615. The summed E-state index contributed by atoms with van der Waals surface area (Å²) < 4.78 is 27.9. The zero-order valence-electron chi connectivity index (χ0n) is 15.2. The molecule has 148 valence electrons. The summed E-state index contributed by atoms with van der Waals surface area (Å²) in [4.78, 5) is 28.2. The Kier molecular flexibility index (Phi) is 5.35. The van der Waals surface area contributed by atoms with Gasteiger partial charge in [-0.3, -0.25) is 14.9 Å². The van der Waals surface area contributed by atoms with Crippen LogP contribution in [0.2, 0.25) is 0 Å². The van der Waals surface area contributed by atoms with E-state index in [1.54, 1.807) is 6.20 Å². The molecule has 0 radical (unpaired) electrons. The molecule has 2 N–H and O–H groups in total. The lowest BCUT2D eigenvalue weighted by atomic mass is 9.89. The highest BCUT2D eigenvalue weighted by Crippen LogP contribution is 2.31. The maximum atomic E-state index is 13.9. The summed E-state index contributed by atoms with van der Waals surface area (Å²) in [5, 5.41) is 5.86. The number of imide groups is 1. The fourth-order valence-corrected chi connectivity index (χ4v) is 4.21. The molecule has 29 heavy (non-hydrogen) atoms. The largest absolute Gasteiger partial charge is 0.380 e. The summed E-state index contributed by atoms with van der Waals surface area (Å²) in [7, 11) is 0. The highest BCUT2D eigenvalue weighted by Gasteiger charge is 2.26. The van der Waals surface area contributed by atoms with Crippen LogP contribution in [0.25, 0.3) is 10.6 Å². The summed E-state index contributed by atoms with van der Waals surface area (Å²) in [6.07, 6.45) is 2.15. The van der Waals surface area contributed by atoms with Crippen LogP contribution in [0.5, 0.6) is 0 Å². The molecule has 3 aromatic rings. The summed E-state index contributed by atoms with van der Waals surface area (Å²) >= 11 is 1.22. The van der Waals surface area contributed by atoms with Crippen LogP contribution >= 0.6 is 11.3 Å². The first kappa shape index (κ1) is 19.2. The number of aromatic nitrogens is 1. The minimum absolute atomic E-state index is 0.119. The van der Waals surface area contributed by atoms with E-state index in [2.05, 4.69) is 15.6 Å². The second-order valence-electron chi connectivity index (χ2n) is 6.78. The lowest BCUT2D eigenvalue weighted by Crippen LogP contribution is -2.37. The number of carbonyl (C=O) groups excluding carboxylic acids is 2. The number of thiazole rings is 1. The standard InChI is InChI=1S/C21H17F2N3O2S/c22-16-5-2-6-17(23)20(16)21-25-11-15(29-21)10-24-14-4-1-3-12(7-14)13-8-18(27)26-19(28)9-13/h1-7,11,13,24H,8-10H2,(H,26,27,28). The normalized spacial score (nSPS) is 14.7. The zero-order chi connectivity index (χ0) is 20.4. The SMILES string of the molecule is O=C1CC(c2cccc(NCc3cnc(-c4c(F)cccc4F)s3)c2)CC(=O)N1. The van der Waals surface area contributed by atoms with Gasteiger partial charge in [0.1, 0.15) is 16.6 Å². The Morgan fingerprint density at radius 1 is 1.07 bits per heavy atom. The third kappa shape index (κ3) is 4.32. The fourth-order valence-electron chi connectivity index (χ4n) is 3.31. The number of nitrogens with one attached hydrogen (secondary N) is 2. The van der Waals surface area contributed by atoms with Crippen LogP contribution in [-0.2, 0) is 16.1 Å². The van der Waals surface area contributed by atoms with E-state index in [4.69, 9.17) is 0 Å². The highest BCUT2D eigenvalue weighted by atomic mass is 32.1. The van der Waals surface area contributed by atoms with E-state index in [0.717, 1.165) is 16.1 Å². The molecule has 2 amide bonds. The molecule has 1 aliphatic rings. The number of benzene rings is 2. The van der Waals surface area contributed by atoms with Crippen molar-refractivity contribution in [1.29, 1.82) is 0 Å². The van der Waals surface area contributed by atoms with Gasteiger partial charge in [0.25, 0.3) is 0 Å². The molecule has 8 heteroatoms. The molecule has 5 nitrogen and oxygen atoms in total. The molecule has 0 atom stereocenters. The first-order valence-electron chi connectivity index (χ1n) is 9.05. The van der Waals surface area contributed by atoms with Crippen molar-refractivity contribution in [3.63, 3.8) is 0 Å². The van der Waals surface area contributed by atoms with Crippen LogP contribution in [0, 0.1) is 11.6 Å². The Labute approximate surface area is 169 Å². The van der Waals surface area contributed by atoms with E-state index in [0.29, 0.717) is 6.54 Å². The molecule has 1 aromatic heterocycles. The van der Waals surface area contributed by atoms with Crippen molar-refractivity contribution in [2.75, 3.05) is 5.32 Å². The molecule has 0 saturated carbocycles. The van der Waals surface area contributed by atoms with Crippen LogP contribution in [-0.4, -0.2) is 16.8 Å². The molecular weight excluding hydrogens is 396 g/mol. The van der Waals surface area contributed by atoms with Gasteiger partial charge in [-0.2, -0.15) is 0 Å². The van der Waals surface area contributed by atoms with Crippen LogP contribution in [0.15, 0.2) is 48.7 Å². The number of hydrogen-bond acceptors (Lipinski definition) is 5. The monoisotopic (exact) mass is 413 g/mol. The van der Waals surface area contributed by atoms with E-state index >= 15 is 0 Å². The van der Waals surface area contributed by atoms with E-state index in [1.165, 1.54) is 29.5 Å². The molecule has 1 saturated heterocycles. The Morgan fingerprint density at radius 3 is 2.48 bits per heavy atom. The second-order valence-corrected chi connectivity index (χ2v) is 7.90. The van der Waals surface area contributed by atoms with Crippen molar-refractivity contribution in [3.8, 4) is 10.6 Å². The van der Waals surface area contributed by atoms with Crippen molar-refractivity contribution in [2.45, 2.75) is 25.3 Å². The molecule has 0 aliphatic carbocycles.